The Morgan fingerprint density at radius 2 is 2.00 bits per heavy atom. The van der Waals surface area contributed by atoms with E-state index in [1.54, 1.807) is 0 Å². The van der Waals surface area contributed by atoms with E-state index in [2.05, 4.69) is 10.3 Å². The Morgan fingerprint density at radius 1 is 1.26 bits per heavy atom. The van der Waals surface area contributed by atoms with Crippen LogP contribution in [0.15, 0.2) is 18.3 Å². The second-order valence-corrected chi connectivity index (χ2v) is 3.97. The zero-order valence-corrected chi connectivity index (χ0v) is 9.70. The van der Waals surface area contributed by atoms with E-state index in [4.69, 9.17) is 0 Å². The molecule has 1 N–H and O–H groups in total. The summed E-state index contributed by atoms with van der Waals surface area (Å²) in [5, 5.41) is 2.40. The predicted molar refractivity (Wildman–Crippen MR) is 59.2 cm³/mol. The molecule has 1 aliphatic rings. The van der Waals surface area contributed by atoms with Crippen LogP contribution < -0.4 is 10.2 Å². The van der Waals surface area contributed by atoms with Crippen LogP contribution >= 0.6 is 0 Å². The molecular formula is C11H10F3N3O2. The van der Waals surface area contributed by atoms with E-state index in [1.165, 1.54) is 11.0 Å². The smallest absolute Gasteiger partial charge is 0.347 e. The number of carbonyl (C=O) groups excluding carboxylic acids is 2. The van der Waals surface area contributed by atoms with Gasteiger partial charge in [0.15, 0.2) is 0 Å². The maximum atomic E-state index is 12.4. The minimum atomic E-state index is -4.52. The molecule has 1 aromatic heterocycles. The van der Waals surface area contributed by atoms with Crippen molar-refractivity contribution < 1.29 is 22.8 Å². The van der Waals surface area contributed by atoms with Crippen molar-refractivity contribution in [3.8, 4) is 0 Å². The molecule has 19 heavy (non-hydrogen) atoms. The summed E-state index contributed by atoms with van der Waals surface area (Å²) in [5.41, 5.74) is -0.776. The zero-order valence-electron chi connectivity index (χ0n) is 9.70. The van der Waals surface area contributed by atoms with Crippen molar-refractivity contribution >= 4 is 17.5 Å². The molecule has 0 aliphatic carbocycles. The number of nitrogens with zero attached hydrogens (tertiary/aromatic N) is 2. The summed E-state index contributed by atoms with van der Waals surface area (Å²) in [4.78, 5) is 27.4. The number of hydrogen-bond acceptors (Lipinski definition) is 3. The van der Waals surface area contributed by atoms with Crippen molar-refractivity contribution in [2.24, 2.45) is 0 Å². The average Bonchev–Trinajstić information content (AvgIpc) is 2.51. The van der Waals surface area contributed by atoms with Gasteiger partial charge in [0.1, 0.15) is 5.69 Å². The van der Waals surface area contributed by atoms with Crippen LogP contribution in [0.25, 0.3) is 0 Å². The van der Waals surface area contributed by atoms with E-state index < -0.39 is 11.9 Å². The fourth-order valence-electron chi connectivity index (χ4n) is 1.68. The van der Waals surface area contributed by atoms with Gasteiger partial charge in [-0.05, 0) is 12.1 Å². The number of anilines is 1. The zero-order chi connectivity index (χ0) is 14.0. The molecule has 0 saturated carbocycles. The Morgan fingerprint density at radius 3 is 2.58 bits per heavy atom. The lowest BCUT2D eigenvalue weighted by Gasteiger charge is -2.19. The van der Waals surface area contributed by atoms with Crippen LogP contribution in [0.4, 0.5) is 18.9 Å². The molecule has 0 unspecified atom stereocenters. The predicted octanol–water partition coefficient (Wildman–Crippen LogP) is 0.953. The molecule has 0 bridgehead atoms. The summed E-state index contributed by atoms with van der Waals surface area (Å²) >= 11 is 0. The highest BCUT2D eigenvalue weighted by molar-refractivity contribution is 5.98. The first-order chi connectivity index (χ1) is 8.88. The van der Waals surface area contributed by atoms with Gasteiger partial charge in [0.25, 0.3) is 0 Å². The second-order valence-electron chi connectivity index (χ2n) is 3.97. The molecule has 0 radical (unpaired) electrons. The standard InChI is InChI=1S/C11H10F3N3O2/c12-11(13,14)8-2-1-7(5-15-8)17-4-3-9(18)16-6-10(17)19/h1-2,5H,3-4,6H2,(H,16,18). The number of amides is 2. The molecule has 0 atom stereocenters. The molecule has 1 aliphatic heterocycles. The topological polar surface area (TPSA) is 62.3 Å². The van der Waals surface area contributed by atoms with E-state index in [-0.39, 0.29) is 37.0 Å². The summed E-state index contributed by atoms with van der Waals surface area (Å²) in [6.45, 7) is -0.0441. The third-order valence-corrected chi connectivity index (χ3v) is 2.65. The normalized spacial score (nSPS) is 17.1. The summed E-state index contributed by atoms with van der Waals surface area (Å²) in [5.74, 6) is -0.650. The van der Waals surface area contributed by atoms with Crippen LogP contribution in [-0.2, 0) is 15.8 Å². The largest absolute Gasteiger partial charge is 0.433 e. The maximum absolute atomic E-state index is 12.4. The van der Waals surface area contributed by atoms with Crippen LogP contribution in [0, 0.1) is 0 Å². The van der Waals surface area contributed by atoms with Gasteiger partial charge in [-0.1, -0.05) is 0 Å². The third-order valence-electron chi connectivity index (χ3n) is 2.65. The number of halogens is 3. The lowest BCUT2D eigenvalue weighted by atomic mass is 10.3. The fraction of sp³-hybridized carbons (Fsp3) is 0.364. The van der Waals surface area contributed by atoms with E-state index >= 15 is 0 Å². The number of nitrogens with one attached hydrogen (secondary N) is 1. The van der Waals surface area contributed by atoms with E-state index in [1.807, 2.05) is 0 Å². The van der Waals surface area contributed by atoms with Crippen molar-refractivity contribution in [3.63, 3.8) is 0 Å². The number of carbonyl (C=O) groups is 2. The van der Waals surface area contributed by atoms with Gasteiger partial charge in [-0.2, -0.15) is 13.2 Å². The van der Waals surface area contributed by atoms with Crippen molar-refractivity contribution in [1.29, 1.82) is 0 Å². The van der Waals surface area contributed by atoms with Gasteiger partial charge >= 0.3 is 6.18 Å². The van der Waals surface area contributed by atoms with E-state index in [0.717, 1.165) is 12.3 Å². The van der Waals surface area contributed by atoms with Crippen LogP contribution in [0.2, 0.25) is 0 Å². The van der Waals surface area contributed by atoms with Crippen LogP contribution in [-0.4, -0.2) is 29.9 Å². The minimum absolute atomic E-state index is 0.104. The first kappa shape index (κ1) is 13.3. The van der Waals surface area contributed by atoms with Gasteiger partial charge in [-0.25, -0.2) is 4.98 Å². The number of aromatic nitrogens is 1. The third kappa shape index (κ3) is 3.01. The van der Waals surface area contributed by atoms with Gasteiger partial charge < -0.3 is 10.2 Å². The van der Waals surface area contributed by atoms with Gasteiger partial charge in [0, 0.05) is 13.0 Å². The Hall–Kier alpha value is -2.12. The van der Waals surface area contributed by atoms with Crippen molar-refractivity contribution in [2.45, 2.75) is 12.6 Å². The highest BCUT2D eigenvalue weighted by atomic mass is 19.4. The molecule has 0 aromatic carbocycles. The van der Waals surface area contributed by atoms with Crippen molar-refractivity contribution in [3.05, 3.63) is 24.0 Å². The van der Waals surface area contributed by atoms with Gasteiger partial charge in [0.05, 0.1) is 18.4 Å². The second kappa shape index (κ2) is 4.87. The molecule has 8 heteroatoms. The summed E-state index contributed by atoms with van der Waals surface area (Å²) in [7, 11) is 0. The Labute approximate surface area is 106 Å². The number of pyridine rings is 1. The highest BCUT2D eigenvalue weighted by Crippen LogP contribution is 2.28. The lowest BCUT2D eigenvalue weighted by molar-refractivity contribution is -0.141. The first-order valence-corrected chi connectivity index (χ1v) is 5.48. The highest BCUT2D eigenvalue weighted by Gasteiger charge is 2.32. The molecule has 1 aromatic rings. The van der Waals surface area contributed by atoms with Crippen molar-refractivity contribution in [2.75, 3.05) is 18.0 Å². The molecule has 102 valence electrons. The first-order valence-electron chi connectivity index (χ1n) is 5.48. The van der Waals surface area contributed by atoms with Gasteiger partial charge in [0.2, 0.25) is 11.8 Å². The number of hydrogen-bond donors (Lipinski definition) is 1. The molecule has 2 heterocycles. The van der Waals surface area contributed by atoms with Crippen LogP contribution in [0.1, 0.15) is 12.1 Å². The van der Waals surface area contributed by atoms with Crippen molar-refractivity contribution in [1.82, 2.24) is 10.3 Å². The molecule has 5 nitrogen and oxygen atoms in total. The molecule has 0 spiro atoms. The van der Waals surface area contributed by atoms with Crippen LogP contribution in [0.5, 0.6) is 0 Å². The fourth-order valence-corrected chi connectivity index (χ4v) is 1.68. The van der Waals surface area contributed by atoms with E-state index in [0.29, 0.717) is 0 Å². The van der Waals surface area contributed by atoms with E-state index in [9.17, 15) is 22.8 Å². The van der Waals surface area contributed by atoms with Crippen LogP contribution in [0.3, 0.4) is 0 Å². The SMILES string of the molecule is O=C1CCN(c2ccc(C(F)(F)F)nc2)C(=O)CN1. The summed E-state index contributed by atoms with van der Waals surface area (Å²) < 4.78 is 37.1. The summed E-state index contributed by atoms with van der Waals surface area (Å²) in [6, 6.07) is 1.98. The Balaban J connectivity index is 2.21. The molecule has 1 fully saturated rings. The summed E-state index contributed by atoms with van der Waals surface area (Å²) in [6.07, 6.45) is -3.43. The van der Waals surface area contributed by atoms with Gasteiger partial charge in [-0.15, -0.1) is 0 Å². The molecule has 1 saturated heterocycles. The maximum Gasteiger partial charge on any atom is 0.433 e. The quantitative estimate of drug-likeness (QED) is 0.828. The molecule has 2 amide bonds. The van der Waals surface area contributed by atoms with Gasteiger partial charge in [-0.3, -0.25) is 9.59 Å². The lowest BCUT2D eigenvalue weighted by Crippen LogP contribution is -2.35. The Bertz CT molecular complexity index is 499. The Kier molecular flexibility index (Phi) is 3.41. The number of rotatable bonds is 1. The minimum Gasteiger partial charge on any atom is -0.347 e. The number of alkyl halides is 3. The average molecular weight is 273 g/mol. The monoisotopic (exact) mass is 273 g/mol. The molecular weight excluding hydrogens is 263 g/mol. The molecule has 2 rings (SSSR count).